The van der Waals surface area contributed by atoms with Crippen molar-refractivity contribution in [2.24, 2.45) is 7.05 Å². The number of amides is 2. The lowest BCUT2D eigenvalue weighted by atomic mass is 10.3. The lowest BCUT2D eigenvalue weighted by Crippen LogP contribution is -2.24. The minimum atomic E-state index is -0.346. The molecule has 2 aromatic heterocycles. The largest absolute Gasteiger partial charge is 0.459 e. The highest BCUT2D eigenvalue weighted by molar-refractivity contribution is 7.99. The van der Waals surface area contributed by atoms with Crippen molar-refractivity contribution in [3.63, 3.8) is 0 Å². The molecule has 0 aliphatic heterocycles. The van der Waals surface area contributed by atoms with Crippen LogP contribution in [0.3, 0.4) is 0 Å². The molecular weight excluding hydrogens is 425 g/mol. The van der Waals surface area contributed by atoms with E-state index < -0.39 is 0 Å². The molecule has 0 bridgehead atoms. The summed E-state index contributed by atoms with van der Waals surface area (Å²) in [7, 11) is 1.76. The van der Waals surface area contributed by atoms with Crippen molar-refractivity contribution in [3.05, 3.63) is 58.2 Å². The Morgan fingerprint density at radius 2 is 1.96 bits per heavy atom. The van der Waals surface area contributed by atoms with Crippen LogP contribution in [-0.2, 0) is 18.4 Å². The topological polar surface area (TPSA) is 102 Å². The van der Waals surface area contributed by atoms with E-state index >= 15 is 0 Å². The first-order chi connectivity index (χ1) is 13.4. The summed E-state index contributed by atoms with van der Waals surface area (Å²) in [5.74, 6) is 0.300. The molecular formula is C17H15Cl2N5O3S. The Bertz CT molecular complexity index is 971. The van der Waals surface area contributed by atoms with Crippen LogP contribution in [-0.4, -0.2) is 32.3 Å². The molecule has 2 N–H and O–H groups in total. The second-order valence-corrected chi connectivity index (χ2v) is 7.43. The molecule has 0 atom stereocenters. The van der Waals surface area contributed by atoms with Crippen LogP contribution in [0.25, 0.3) is 0 Å². The Kier molecular flexibility index (Phi) is 6.61. The van der Waals surface area contributed by atoms with Gasteiger partial charge in [0.15, 0.2) is 16.7 Å². The van der Waals surface area contributed by atoms with Crippen molar-refractivity contribution in [1.82, 2.24) is 20.1 Å². The van der Waals surface area contributed by atoms with Crippen LogP contribution in [0.2, 0.25) is 10.0 Å². The number of carbonyl (C=O) groups excluding carboxylic acids is 2. The van der Waals surface area contributed by atoms with Crippen LogP contribution in [0.4, 0.5) is 5.69 Å². The summed E-state index contributed by atoms with van der Waals surface area (Å²) in [6.45, 7) is 0.177. The zero-order valence-corrected chi connectivity index (χ0v) is 16.9. The highest BCUT2D eigenvalue weighted by atomic mass is 35.5. The van der Waals surface area contributed by atoms with E-state index in [2.05, 4.69) is 20.8 Å². The molecule has 0 saturated heterocycles. The summed E-state index contributed by atoms with van der Waals surface area (Å²) >= 11 is 13.0. The van der Waals surface area contributed by atoms with Crippen molar-refractivity contribution < 1.29 is 14.0 Å². The highest BCUT2D eigenvalue weighted by Gasteiger charge is 2.14. The van der Waals surface area contributed by atoms with Gasteiger partial charge in [-0.25, -0.2) is 0 Å². The van der Waals surface area contributed by atoms with Gasteiger partial charge in [0.2, 0.25) is 5.91 Å². The Balaban J connectivity index is 1.52. The molecule has 3 rings (SSSR count). The molecule has 3 aromatic rings. The fraction of sp³-hybridized carbons (Fsp3) is 0.176. The molecule has 2 amide bonds. The van der Waals surface area contributed by atoms with E-state index in [1.54, 1.807) is 41.9 Å². The number of hydrogen-bond donors (Lipinski definition) is 2. The van der Waals surface area contributed by atoms with Crippen LogP contribution in [0.1, 0.15) is 16.4 Å². The smallest absolute Gasteiger partial charge is 0.287 e. The van der Waals surface area contributed by atoms with Gasteiger partial charge in [0.1, 0.15) is 0 Å². The van der Waals surface area contributed by atoms with Crippen molar-refractivity contribution in [2.45, 2.75) is 11.7 Å². The summed E-state index contributed by atoms with van der Waals surface area (Å²) in [5.41, 5.74) is 0.516. The summed E-state index contributed by atoms with van der Waals surface area (Å²) in [4.78, 5) is 24.0. The zero-order valence-electron chi connectivity index (χ0n) is 14.6. The lowest BCUT2D eigenvalue weighted by molar-refractivity contribution is -0.113. The molecule has 0 spiro atoms. The second-order valence-electron chi connectivity index (χ2n) is 5.61. The van der Waals surface area contributed by atoms with Crippen molar-refractivity contribution in [1.29, 1.82) is 0 Å². The van der Waals surface area contributed by atoms with Gasteiger partial charge in [-0.1, -0.05) is 35.0 Å². The Hall–Kier alpha value is -2.49. The standard InChI is InChI=1S/C17H15Cl2N5O3S/c1-24-14(8-20-16(26)13-3-2-4-27-13)22-23-17(24)28-9-15(25)21-12-6-10(18)5-11(19)7-12/h2-7H,8-9H2,1H3,(H,20,26)(H,21,25). The van der Waals surface area contributed by atoms with Crippen molar-refractivity contribution in [2.75, 3.05) is 11.1 Å². The maximum absolute atomic E-state index is 12.1. The first kappa shape index (κ1) is 20.2. The van der Waals surface area contributed by atoms with E-state index in [-0.39, 0.29) is 29.9 Å². The van der Waals surface area contributed by atoms with Gasteiger partial charge < -0.3 is 19.6 Å². The molecule has 146 valence electrons. The molecule has 11 heteroatoms. The summed E-state index contributed by atoms with van der Waals surface area (Å²) in [6.07, 6.45) is 1.42. The maximum atomic E-state index is 12.1. The van der Waals surface area contributed by atoms with Gasteiger partial charge in [0.25, 0.3) is 5.91 Å². The van der Waals surface area contributed by atoms with E-state index in [1.165, 1.54) is 18.0 Å². The first-order valence-electron chi connectivity index (χ1n) is 8.01. The van der Waals surface area contributed by atoms with E-state index in [0.29, 0.717) is 26.7 Å². The van der Waals surface area contributed by atoms with Gasteiger partial charge in [-0.15, -0.1) is 10.2 Å². The van der Waals surface area contributed by atoms with E-state index in [4.69, 9.17) is 27.6 Å². The number of hydrogen-bond acceptors (Lipinski definition) is 6. The van der Waals surface area contributed by atoms with Gasteiger partial charge in [0, 0.05) is 22.8 Å². The monoisotopic (exact) mass is 439 g/mol. The predicted octanol–water partition coefficient (Wildman–Crippen LogP) is 3.38. The lowest BCUT2D eigenvalue weighted by Gasteiger charge is -2.07. The number of thioether (sulfide) groups is 1. The van der Waals surface area contributed by atoms with Gasteiger partial charge >= 0.3 is 0 Å². The number of anilines is 1. The molecule has 0 aliphatic rings. The third-order valence-corrected chi connectivity index (χ3v) is 5.01. The number of rotatable bonds is 7. The van der Waals surface area contributed by atoms with Crippen LogP contribution >= 0.6 is 35.0 Å². The van der Waals surface area contributed by atoms with Crippen LogP contribution < -0.4 is 10.6 Å². The van der Waals surface area contributed by atoms with Gasteiger partial charge in [-0.3, -0.25) is 9.59 Å². The normalized spacial score (nSPS) is 10.7. The second kappa shape index (κ2) is 9.13. The van der Waals surface area contributed by atoms with Crippen LogP contribution in [0.5, 0.6) is 0 Å². The first-order valence-corrected chi connectivity index (χ1v) is 9.75. The third kappa shape index (κ3) is 5.28. The molecule has 0 unspecified atom stereocenters. The minimum absolute atomic E-state index is 0.120. The summed E-state index contributed by atoms with van der Waals surface area (Å²) < 4.78 is 6.73. The third-order valence-electron chi connectivity index (χ3n) is 3.56. The highest BCUT2D eigenvalue weighted by Crippen LogP contribution is 2.23. The van der Waals surface area contributed by atoms with E-state index in [1.807, 2.05) is 0 Å². The number of halogens is 2. The fourth-order valence-corrected chi connectivity index (χ4v) is 3.49. The zero-order chi connectivity index (χ0) is 20.1. The van der Waals surface area contributed by atoms with Gasteiger partial charge in [-0.05, 0) is 30.3 Å². The van der Waals surface area contributed by atoms with E-state index in [9.17, 15) is 9.59 Å². The Labute approximate surface area is 174 Å². The Morgan fingerprint density at radius 1 is 1.21 bits per heavy atom. The molecule has 2 heterocycles. The van der Waals surface area contributed by atoms with Crippen molar-refractivity contribution >= 4 is 52.5 Å². The number of carbonyl (C=O) groups is 2. The molecule has 8 nitrogen and oxygen atoms in total. The van der Waals surface area contributed by atoms with Crippen LogP contribution in [0.15, 0.2) is 46.2 Å². The van der Waals surface area contributed by atoms with Crippen molar-refractivity contribution in [3.8, 4) is 0 Å². The van der Waals surface area contributed by atoms with E-state index in [0.717, 1.165) is 0 Å². The summed E-state index contributed by atoms with van der Waals surface area (Å²) in [5, 5.41) is 14.9. The quantitative estimate of drug-likeness (QED) is 0.547. The number of benzene rings is 1. The average Bonchev–Trinajstić information content (AvgIpc) is 3.27. The van der Waals surface area contributed by atoms with Gasteiger partial charge in [-0.2, -0.15) is 0 Å². The fourth-order valence-electron chi connectivity index (χ4n) is 2.23. The molecule has 0 fully saturated rings. The molecule has 0 aliphatic carbocycles. The SMILES string of the molecule is Cn1c(CNC(=O)c2ccco2)nnc1SCC(=O)Nc1cc(Cl)cc(Cl)c1. The minimum Gasteiger partial charge on any atom is -0.459 e. The molecule has 0 saturated carbocycles. The number of furan rings is 1. The molecule has 1 aromatic carbocycles. The number of aromatic nitrogens is 3. The molecule has 0 radical (unpaired) electrons. The predicted molar refractivity (Wildman–Crippen MR) is 107 cm³/mol. The Morgan fingerprint density at radius 3 is 2.64 bits per heavy atom. The average molecular weight is 440 g/mol. The number of nitrogens with one attached hydrogen (secondary N) is 2. The maximum Gasteiger partial charge on any atom is 0.287 e. The van der Waals surface area contributed by atoms with Crippen LogP contribution in [0, 0.1) is 0 Å². The number of nitrogens with zero attached hydrogens (tertiary/aromatic N) is 3. The van der Waals surface area contributed by atoms with Gasteiger partial charge in [0.05, 0.1) is 18.6 Å². The molecule has 28 heavy (non-hydrogen) atoms. The summed E-state index contributed by atoms with van der Waals surface area (Å²) in [6, 6.07) is 8.00.